The van der Waals surface area contributed by atoms with Crippen molar-refractivity contribution in [1.82, 2.24) is 14.9 Å². The van der Waals surface area contributed by atoms with Crippen LogP contribution in [-0.2, 0) is 6.42 Å². The first-order chi connectivity index (χ1) is 18.8. The number of nitrogens with zero attached hydrogens (tertiary/aromatic N) is 2. The Labute approximate surface area is 231 Å². The van der Waals surface area contributed by atoms with Crippen molar-refractivity contribution >= 4 is 28.4 Å². The van der Waals surface area contributed by atoms with Gasteiger partial charge in [-0.05, 0) is 97.9 Å². The summed E-state index contributed by atoms with van der Waals surface area (Å²) in [7, 11) is 0. The fourth-order valence-electron chi connectivity index (χ4n) is 7.61. The van der Waals surface area contributed by atoms with Crippen LogP contribution in [0.4, 0.5) is 0 Å². The van der Waals surface area contributed by atoms with Crippen molar-refractivity contribution in [2.24, 2.45) is 17.8 Å². The third-order valence-electron chi connectivity index (χ3n) is 9.09. The van der Waals surface area contributed by atoms with Crippen LogP contribution in [0.5, 0.6) is 0 Å². The Morgan fingerprint density at radius 3 is 2.51 bits per heavy atom. The van der Waals surface area contributed by atoms with Crippen LogP contribution < -0.4 is 10.7 Å². The van der Waals surface area contributed by atoms with Crippen LogP contribution in [0, 0.1) is 17.8 Å². The highest BCUT2D eigenvalue weighted by Crippen LogP contribution is 2.55. The molecule has 4 saturated carbocycles. The quantitative estimate of drug-likeness (QED) is 0.360. The molecule has 4 aliphatic rings. The molecule has 39 heavy (non-hydrogen) atoms. The van der Waals surface area contributed by atoms with Gasteiger partial charge in [-0.3, -0.25) is 9.59 Å². The van der Waals surface area contributed by atoms with Crippen LogP contribution in [-0.4, -0.2) is 32.2 Å². The normalized spacial score (nSPS) is 27.1. The van der Waals surface area contributed by atoms with Gasteiger partial charge in [0.1, 0.15) is 5.82 Å². The molecular weight excluding hydrogens is 510 g/mol. The van der Waals surface area contributed by atoms with Crippen LogP contribution in [0.25, 0.3) is 16.7 Å². The number of hydrogen-bond acceptors (Lipinski definition) is 4. The molecule has 2 heterocycles. The molecule has 198 valence electrons. The Balaban J connectivity index is 1.13. The minimum atomic E-state index is -0.510. The number of aliphatic hydroxyl groups is 1. The van der Waals surface area contributed by atoms with Crippen molar-refractivity contribution in [1.29, 1.82) is 0 Å². The molecule has 4 fully saturated rings. The number of hydrogen-bond donors (Lipinski definition) is 2. The van der Waals surface area contributed by atoms with Crippen molar-refractivity contribution in [3.63, 3.8) is 0 Å². The largest absolute Gasteiger partial charge is 0.390 e. The fraction of sp³-hybridized carbons (Fsp3) is 0.344. The van der Waals surface area contributed by atoms with Crippen LogP contribution in [0.15, 0.2) is 77.9 Å². The number of fused-ring (bicyclic) bond motifs is 1. The van der Waals surface area contributed by atoms with E-state index in [0.29, 0.717) is 57.0 Å². The Bertz CT molecular complexity index is 1620. The molecule has 2 aromatic carbocycles. The zero-order chi connectivity index (χ0) is 26.7. The maximum Gasteiger partial charge on any atom is 0.251 e. The van der Waals surface area contributed by atoms with Gasteiger partial charge in [-0.2, -0.15) is 0 Å². The van der Waals surface area contributed by atoms with E-state index in [1.165, 1.54) is 0 Å². The molecule has 4 aromatic rings. The van der Waals surface area contributed by atoms with E-state index in [1.807, 2.05) is 53.2 Å². The van der Waals surface area contributed by atoms with Crippen LogP contribution >= 0.6 is 11.6 Å². The van der Waals surface area contributed by atoms with Crippen LogP contribution in [0.1, 0.15) is 53.6 Å². The molecule has 4 aliphatic carbocycles. The summed E-state index contributed by atoms with van der Waals surface area (Å²) in [6.45, 7) is 0. The monoisotopic (exact) mass is 539 g/mol. The van der Waals surface area contributed by atoms with E-state index in [-0.39, 0.29) is 17.4 Å². The second kappa shape index (κ2) is 9.32. The van der Waals surface area contributed by atoms with Gasteiger partial charge in [0.05, 0.1) is 11.1 Å². The molecule has 6 nitrogen and oxygen atoms in total. The zero-order valence-corrected chi connectivity index (χ0v) is 22.3. The number of amides is 1. The number of pyridine rings is 2. The molecule has 1 amide bonds. The van der Waals surface area contributed by atoms with Crippen LogP contribution in [0.2, 0.25) is 5.02 Å². The van der Waals surface area contributed by atoms with Crippen molar-refractivity contribution < 1.29 is 9.90 Å². The molecule has 5 atom stereocenters. The summed E-state index contributed by atoms with van der Waals surface area (Å²) in [5, 5.41) is 15.3. The van der Waals surface area contributed by atoms with E-state index in [2.05, 4.69) is 10.3 Å². The number of carbonyl (C=O) groups excluding carboxylic acids is 1. The van der Waals surface area contributed by atoms with Crippen molar-refractivity contribution in [3.05, 3.63) is 105 Å². The summed E-state index contributed by atoms with van der Waals surface area (Å²) in [4.78, 5) is 31.1. The Morgan fingerprint density at radius 2 is 1.82 bits per heavy atom. The van der Waals surface area contributed by atoms with Gasteiger partial charge in [-0.1, -0.05) is 29.8 Å². The van der Waals surface area contributed by atoms with Crippen LogP contribution in [0.3, 0.4) is 0 Å². The lowest BCUT2D eigenvalue weighted by Crippen LogP contribution is -2.61. The summed E-state index contributed by atoms with van der Waals surface area (Å²) in [5.74, 6) is 1.98. The Kier molecular flexibility index (Phi) is 5.87. The van der Waals surface area contributed by atoms with E-state index < -0.39 is 5.60 Å². The number of benzene rings is 2. The molecule has 8 rings (SSSR count). The summed E-state index contributed by atoms with van der Waals surface area (Å²) >= 11 is 6.26. The molecular formula is C32H30ClN3O3. The van der Waals surface area contributed by atoms with E-state index in [0.717, 1.165) is 37.7 Å². The number of carbonyl (C=O) groups is 1. The molecule has 0 spiro atoms. The summed E-state index contributed by atoms with van der Waals surface area (Å²) < 4.78 is 1.90. The van der Waals surface area contributed by atoms with E-state index in [9.17, 15) is 14.7 Å². The predicted molar refractivity (Wildman–Crippen MR) is 151 cm³/mol. The second-order valence-electron chi connectivity index (χ2n) is 11.8. The minimum Gasteiger partial charge on any atom is -0.390 e. The number of nitrogens with one attached hydrogen (secondary N) is 1. The fourth-order valence-corrected chi connectivity index (χ4v) is 7.78. The molecule has 0 saturated heterocycles. The van der Waals surface area contributed by atoms with Gasteiger partial charge >= 0.3 is 0 Å². The number of aromatic nitrogens is 2. The molecule has 0 radical (unpaired) electrons. The van der Waals surface area contributed by atoms with Crippen molar-refractivity contribution in [2.45, 2.75) is 50.2 Å². The summed E-state index contributed by atoms with van der Waals surface area (Å²) in [6.07, 6.45) is 8.74. The number of rotatable bonds is 5. The van der Waals surface area contributed by atoms with Gasteiger partial charge in [0, 0.05) is 46.4 Å². The lowest BCUT2D eigenvalue weighted by atomic mass is 9.52. The summed E-state index contributed by atoms with van der Waals surface area (Å²) in [5.41, 5.74) is 2.35. The minimum absolute atomic E-state index is 0.0424. The molecule has 0 aliphatic heterocycles. The Morgan fingerprint density at radius 1 is 1.05 bits per heavy atom. The van der Waals surface area contributed by atoms with Gasteiger partial charge in [-0.25, -0.2) is 4.98 Å². The molecule has 7 heteroatoms. The smallest absolute Gasteiger partial charge is 0.251 e. The third-order valence-corrected chi connectivity index (χ3v) is 9.32. The van der Waals surface area contributed by atoms with Gasteiger partial charge in [0.25, 0.3) is 5.91 Å². The molecule has 4 bridgehead atoms. The maximum atomic E-state index is 13.4. The molecule has 0 unspecified atom stereocenters. The third kappa shape index (κ3) is 4.46. The number of halogens is 1. The van der Waals surface area contributed by atoms with Gasteiger partial charge in [0.2, 0.25) is 0 Å². The van der Waals surface area contributed by atoms with Gasteiger partial charge in [-0.15, -0.1) is 0 Å². The highest BCUT2D eigenvalue weighted by Gasteiger charge is 2.55. The lowest BCUT2D eigenvalue weighted by Gasteiger charge is -2.58. The Hall–Kier alpha value is -3.48. The average molecular weight is 540 g/mol. The van der Waals surface area contributed by atoms with E-state index >= 15 is 0 Å². The summed E-state index contributed by atoms with van der Waals surface area (Å²) in [6, 6.07) is 18.6. The highest BCUT2D eigenvalue weighted by molar-refractivity contribution is 6.31. The first-order valence-electron chi connectivity index (χ1n) is 13.7. The molecule has 2 N–H and O–H groups in total. The van der Waals surface area contributed by atoms with Gasteiger partial charge in [0.15, 0.2) is 5.43 Å². The zero-order valence-electron chi connectivity index (χ0n) is 21.5. The second-order valence-corrected chi connectivity index (χ2v) is 12.2. The lowest BCUT2D eigenvalue weighted by molar-refractivity contribution is -0.136. The molecule has 2 aromatic heterocycles. The van der Waals surface area contributed by atoms with E-state index in [4.69, 9.17) is 11.6 Å². The standard InChI is InChI=1S/C32H30ClN3O3/c33-25-8-9-26-27(14-25)36(28-3-1-2-10-34-28)18-24(30(26)37)11-19-4-6-21(7-5-19)31(38)35-29-22-12-20-13-23(29)17-32(39,15-20)16-22/h1-10,14,18,20,22-23,29,39H,11-13,15-17H2,(H,35,38)/t20-,22-,23+,29-,32-. The highest BCUT2D eigenvalue weighted by atomic mass is 35.5. The topological polar surface area (TPSA) is 84.2 Å². The first-order valence-corrected chi connectivity index (χ1v) is 14.1. The predicted octanol–water partition coefficient (Wildman–Crippen LogP) is 5.30. The van der Waals surface area contributed by atoms with Crippen molar-refractivity contribution in [2.75, 3.05) is 0 Å². The van der Waals surface area contributed by atoms with Crippen molar-refractivity contribution in [3.8, 4) is 5.82 Å². The SMILES string of the molecule is O=C(N[C@@H]1[C@@H]2C[C@@H]3C[C@H]1C[C@@](O)(C3)C2)c1ccc(Cc2cn(-c3ccccn3)c3cc(Cl)ccc3c2=O)cc1. The van der Waals surface area contributed by atoms with Gasteiger partial charge < -0.3 is 15.0 Å². The average Bonchev–Trinajstić information content (AvgIpc) is 2.92. The first kappa shape index (κ1) is 24.6. The van der Waals surface area contributed by atoms with E-state index in [1.54, 1.807) is 24.4 Å². The maximum absolute atomic E-state index is 13.4.